The lowest BCUT2D eigenvalue weighted by atomic mass is 10.2. The summed E-state index contributed by atoms with van der Waals surface area (Å²) in [6, 6.07) is 1.96. The summed E-state index contributed by atoms with van der Waals surface area (Å²) < 4.78 is 9.49. The number of halogens is 1. The molecule has 10 heteroatoms. The molecule has 0 N–H and O–H groups in total. The van der Waals surface area contributed by atoms with Gasteiger partial charge in [0.1, 0.15) is 0 Å². The van der Waals surface area contributed by atoms with Crippen LogP contribution in [0, 0.1) is 20.2 Å². The molecular weight excluding hydrogens is 296 g/mol. The van der Waals surface area contributed by atoms with Crippen molar-refractivity contribution in [2.75, 3.05) is 13.2 Å². The molecule has 0 aliphatic carbocycles. The molecule has 108 valence electrons. The number of carbonyl (C=O) groups is 1. The third kappa shape index (κ3) is 3.54. The highest BCUT2D eigenvalue weighted by Crippen LogP contribution is 2.40. The number of nitrogens with zero attached hydrogens (tertiary/aromatic N) is 2. The molecule has 0 heterocycles. The van der Waals surface area contributed by atoms with Gasteiger partial charge in [0.2, 0.25) is 0 Å². The molecule has 0 fully saturated rings. The molecule has 1 aromatic rings. The zero-order chi connectivity index (χ0) is 15.3. The average molecular weight is 305 g/mol. The van der Waals surface area contributed by atoms with E-state index in [4.69, 9.17) is 16.3 Å². The fourth-order valence-electron chi connectivity index (χ4n) is 1.30. The zero-order valence-electron chi connectivity index (χ0n) is 10.2. The monoisotopic (exact) mass is 304 g/mol. The minimum Gasteiger partial charge on any atom is -0.475 e. The van der Waals surface area contributed by atoms with E-state index in [-0.39, 0.29) is 12.4 Å². The molecule has 0 bridgehead atoms. The fourth-order valence-corrected chi connectivity index (χ4v) is 1.60. The Labute approximate surface area is 117 Å². The molecular formula is C10H9ClN2O7. The number of hydrogen-bond donors (Lipinski definition) is 0. The molecule has 0 amide bonds. The minimum atomic E-state index is -0.921. The SMILES string of the molecule is CCOC(=O)COc1ccc([N+](=O)[O-])c(Cl)c1[N+](=O)[O-]. The first kappa shape index (κ1) is 15.6. The second-order valence-corrected chi connectivity index (χ2v) is 3.73. The summed E-state index contributed by atoms with van der Waals surface area (Å²) in [6.45, 7) is 1.15. The number of rotatable bonds is 6. The molecule has 0 aliphatic rings. The van der Waals surface area contributed by atoms with E-state index in [0.29, 0.717) is 0 Å². The van der Waals surface area contributed by atoms with Gasteiger partial charge in [-0.05, 0) is 13.0 Å². The third-order valence-corrected chi connectivity index (χ3v) is 2.46. The van der Waals surface area contributed by atoms with Gasteiger partial charge in [-0.15, -0.1) is 0 Å². The number of esters is 1. The smallest absolute Gasteiger partial charge is 0.344 e. The summed E-state index contributed by atoms with van der Waals surface area (Å²) >= 11 is 5.60. The summed E-state index contributed by atoms with van der Waals surface area (Å²) in [7, 11) is 0. The van der Waals surface area contributed by atoms with Crippen LogP contribution in [0.15, 0.2) is 12.1 Å². The highest BCUT2D eigenvalue weighted by molar-refractivity contribution is 6.35. The maximum Gasteiger partial charge on any atom is 0.344 e. The molecule has 1 aromatic carbocycles. The summed E-state index contributed by atoms with van der Waals surface area (Å²) in [5.74, 6) is -1.07. The van der Waals surface area contributed by atoms with E-state index in [1.54, 1.807) is 6.92 Å². The summed E-state index contributed by atoms with van der Waals surface area (Å²) in [6.07, 6.45) is 0. The first-order valence-electron chi connectivity index (χ1n) is 5.28. The van der Waals surface area contributed by atoms with Gasteiger partial charge in [-0.3, -0.25) is 20.2 Å². The Hall–Kier alpha value is -2.42. The molecule has 1 rings (SSSR count). The number of carbonyl (C=O) groups excluding carboxylic acids is 1. The number of benzene rings is 1. The summed E-state index contributed by atoms with van der Waals surface area (Å²) in [5, 5.41) is 20.9. The topological polar surface area (TPSA) is 122 Å². The first-order valence-corrected chi connectivity index (χ1v) is 5.66. The maximum absolute atomic E-state index is 11.1. The van der Waals surface area contributed by atoms with Crippen molar-refractivity contribution >= 4 is 28.9 Å². The second-order valence-electron chi connectivity index (χ2n) is 3.35. The van der Waals surface area contributed by atoms with Crippen LogP contribution in [0.5, 0.6) is 5.75 Å². The van der Waals surface area contributed by atoms with Gasteiger partial charge in [-0.25, -0.2) is 4.79 Å². The first-order chi connectivity index (χ1) is 9.38. The Balaban J connectivity index is 3.08. The Bertz CT molecular complexity index is 561. The minimum absolute atomic E-state index is 0.130. The van der Waals surface area contributed by atoms with Crippen LogP contribution in [0.3, 0.4) is 0 Å². The van der Waals surface area contributed by atoms with Crippen LogP contribution in [-0.4, -0.2) is 29.0 Å². The highest BCUT2D eigenvalue weighted by Gasteiger charge is 2.29. The molecule has 0 spiro atoms. The van der Waals surface area contributed by atoms with Crippen LogP contribution in [-0.2, 0) is 9.53 Å². The van der Waals surface area contributed by atoms with Gasteiger partial charge in [-0.1, -0.05) is 11.6 Å². The molecule has 0 atom stereocenters. The zero-order valence-corrected chi connectivity index (χ0v) is 11.0. The van der Waals surface area contributed by atoms with Crippen LogP contribution in [0.2, 0.25) is 5.02 Å². The van der Waals surface area contributed by atoms with Crippen molar-refractivity contribution in [3.05, 3.63) is 37.4 Å². The molecule has 0 aromatic heterocycles. The lowest BCUT2D eigenvalue weighted by molar-refractivity contribution is -0.394. The van der Waals surface area contributed by atoms with Crippen LogP contribution < -0.4 is 4.74 Å². The van der Waals surface area contributed by atoms with Gasteiger partial charge in [0.05, 0.1) is 16.5 Å². The van der Waals surface area contributed by atoms with E-state index in [9.17, 15) is 25.0 Å². The van der Waals surface area contributed by atoms with Gasteiger partial charge in [0.15, 0.2) is 17.4 Å². The number of nitro groups is 2. The molecule has 0 radical (unpaired) electrons. The molecule has 9 nitrogen and oxygen atoms in total. The molecule has 20 heavy (non-hydrogen) atoms. The van der Waals surface area contributed by atoms with Crippen molar-refractivity contribution in [2.24, 2.45) is 0 Å². The Kier molecular flexibility index (Phi) is 5.21. The Morgan fingerprint density at radius 3 is 2.45 bits per heavy atom. The van der Waals surface area contributed by atoms with E-state index in [2.05, 4.69) is 4.74 Å². The highest BCUT2D eigenvalue weighted by atomic mass is 35.5. The van der Waals surface area contributed by atoms with Gasteiger partial charge >= 0.3 is 11.7 Å². The quantitative estimate of drug-likeness (QED) is 0.448. The van der Waals surface area contributed by atoms with E-state index in [0.717, 1.165) is 12.1 Å². The lowest BCUT2D eigenvalue weighted by Gasteiger charge is -2.07. The van der Waals surface area contributed by atoms with Crippen LogP contribution in [0.1, 0.15) is 6.92 Å². The Morgan fingerprint density at radius 1 is 1.30 bits per heavy atom. The van der Waals surface area contributed by atoms with Crippen molar-refractivity contribution in [1.82, 2.24) is 0 Å². The van der Waals surface area contributed by atoms with Gasteiger partial charge in [-0.2, -0.15) is 0 Å². The lowest BCUT2D eigenvalue weighted by Crippen LogP contribution is -2.15. The second kappa shape index (κ2) is 6.66. The van der Waals surface area contributed by atoms with Crippen LogP contribution >= 0.6 is 11.6 Å². The standard InChI is InChI=1S/C10H9ClN2O7/c1-2-19-8(14)5-20-7-4-3-6(12(15)16)9(11)10(7)13(17)18/h3-4H,2,5H2,1H3. The summed E-state index contributed by atoms with van der Waals surface area (Å²) in [4.78, 5) is 30.9. The van der Waals surface area contributed by atoms with E-state index >= 15 is 0 Å². The van der Waals surface area contributed by atoms with E-state index < -0.39 is 38.8 Å². The normalized spacial score (nSPS) is 9.90. The van der Waals surface area contributed by atoms with Crippen molar-refractivity contribution in [3.63, 3.8) is 0 Å². The van der Waals surface area contributed by atoms with Crippen molar-refractivity contribution in [3.8, 4) is 5.75 Å². The largest absolute Gasteiger partial charge is 0.475 e. The van der Waals surface area contributed by atoms with Gasteiger partial charge < -0.3 is 9.47 Å². The maximum atomic E-state index is 11.1. The van der Waals surface area contributed by atoms with Crippen LogP contribution in [0.25, 0.3) is 0 Å². The van der Waals surface area contributed by atoms with Gasteiger partial charge in [0.25, 0.3) is 5.69 Å². The number of nitro benzene ring substituents is 2. The van der Waals surface area contributed by atoms with E-state index in [1.807, 2.05) is 0 Å². The fraction of sp³-hybridized carbons (Fsp3) is 0.300. The predicted octanol–water partition coefficient (Wildman–Crippen LogP) is 2.10. The molecule has 0 unspecified atom stereocenters. The summed E-state index contributed by atoms with van der Waals surface area (Å²) in [5.41, 5.74) is -1.40. The van der Waals surface area contributed by atoms with Gasteiger partial charge in [0, 0.05) is 6.07 Å². The molecule has 0 saturated carbocycles. The van der Waals surface area contributed by atoms with Crippen molar-refractivity contribution < 1.29 is 24.1 Å². The number of hydrogen-bond acceptors (Lipinski definition) is 7. The van der Waals surface area contributed by atoms with Crippen molar-refractivity contribution in [2.45, 2.75) is 6.92 Å². The van der Waals surface area contributed by atoms with E-state index in [1.165, 1.54) is 0 Å². The third-order valence-electron chi connectivity index (χ3n) is 2.09. The average Bonchev–Trinajstić information content (AvgIpc) is 2.35. The Morgan fingerprint density at radius 2 is 1.95 bits per heavy atom. The molecule has 0 saturated heterocycles. The van der Waals surface area contributed by atoms with Crippen LogP contribution in [0.4, 0.5) is 11.4 Å². The van der Waals surface area contributed by atoms with Crippen molar-refractivity contribution in [1.29, 1.82) is 0 Å². The molecule has 0 aliphatic heterocycles. The number of ether oxygens (including phenoxy) is 2. The predicted molar refractivity (Wildman–Crippen MR) is 66.9 cm³/mol.